The highest BCUT2D eigenvalue weighted by Gasteiger charge is 2.18. The third-order valence-electron chi connectivity index (χ3n) is 4.15. The third-order valence-corrected chi connectivity index (χ3v) is 4.15. The minimum absolute atomic E-state index is 0.130. The van der Waals surface area contributed by atoms with E-state index in [0.717, 1.165) is 37.8 Å². The van der Waals surface area contributed by atoms with Crippen molar-refractivity contribution in [2.45, 2.75) is 31.8 Å². The van der Waals surface area contributed by atoms with E-state index < -0.39 is 17.5 Å². The highest BCUT2D eigenvalue weighted by Crippen LogP contribution is 2.32. The standard InChI is InChI=1S/C18H18F3NO/c1-22-18-16(20)8-11(9-17(18)21)14-7-6-13(10-15(14)19)23-12-4-2-3-5-12/h6-10,12,22H,2-5H2,1H3. The molecule has 0 aromatic heterocycles. The van der Waals surface area contributed by atoms with Crippen molar-refractivity contribution in [1.29, 1.82) is 0 Å². The van der Waals surface area contributed by atoms with Crippen molar-refractivity contribution in [1.82, 2.24) is 0 Å². The monoisotopic (exact) mass is 321 g/mol. The van der Waals surface area contributed by atoms with Crippen LogP contribution in [0.2, 0.25) is 0 Å². The normalized spacial score (nSPS) is 15.0. The van der Waals surface area contributed by atoms with E-state index in [1.165, 1.54) is 19.2 Å². The van der Waals surface area contributed by atoms with Gasteiger partial charge in [0.15, 0.2) is 0 Å². The van der Waals surface area contributed by atoms with Crippen molar-refractivity contribution in [2.75, 3.05) is 12.4 Å². The van der Waals surface area contributed by atoms with Crippen molar-refractivity contribution in [3.05, 3.63) is 47.8 Å². The first-order valence-electron chi connectivity index (χ1n) is 7.72. The van der Waals surface area contributed by atoms with Gasteiger partial charge in [-0.2, -0.15) is 0 Å². The van der Waals surface area contributed by atoms with Crippen LogP contribution in [0.5, 0.6) is 5.75 Å². The van der Waals surface area contributed by atoms with Gasteiger partial charge in [0, 0.05) is 18.7 Å². The molecule has 0 spiro atoms. The van der Waals surface area contributed by atoms with Crippen LogP contribution in [0.3, 0.4) is 0 Å². The molecule has 0 heterocycles. The SMILES string of the molecule is CNc1c(F)cc(-c2ccc(OC3CCCC3)cc2F)cc1F. The molecule has 1 saturated carbocycles. The maximum atomic E-state index is 14.3. The molecule has 0 unspecified atom stereocenters. The number of nitrogens with one attached hydrogen (secondary N) is 1. The second-order valence-electron chi connectivity index (χ2n) is 5.73. The molecular formula is C18H18F3NO. The summed E-state index contributed by atoms with van der Waals surface area (Å²) in [6.45, 7) is 0. The quantitative estimate of drug-likeness (QED) is 0.842. The average Bonchev–Trinajstić information content (AvgIpc) is 3.00. The molecule has 3 rings (SSSR count). The minimum atomic E-state index is -0.756. The van der Waals surface area contributed by atoms with E-state index in [4.69, 9.17) is 4.74 Å². The fourth-order valence-corrected chi connectivity index (χ4v) is 2.97. The molecule has 0 aliphatic heterocycles. The van der Waals surface area contributed by atoms with Crippen molar-refractivity contribution >= 4 is 5.69 Å². The first-order valence-corrected chi connectivity index (χ1v) is 7.72. The average molecular weight is 321 g/mol. The highest BCUT2D eigenvalue weighted by atomic mass is 19.1. The van der Waals surface area contributed by atoms with Crippen LogP contribution in [-0.2, 0) is 0 Å². The third kappa shape index (κ3) is 3.28. The zero-order valence-electron chi connectivity index (χ0n) is 12.8. The van der Waals surface area contributed by atoms with Crippen LogP contribution >= 0.6 is 0 Å². The molecule has 0 radical (unpaired) electrons. The Balaban J connectivity index is 1.88. The van der Waals surface area contributed by atoms with Crippen LogP contribution in [0.25, 0.3) is 11.1 Å². The number of anilines is 1. The zero-order chi connectivity index (χ0) is 16.4. The summed E-state index contributed by atoms with van der Waals surface area (Å²) in [5.74, 6) is -1.62. The summed E-state index contributed by atoms with van der Waals surface area (Å²) in [7, 11) is 1.43. The van der Waals surface area contributed by atoms with Gasteiger partial charge in [-0.15, -0.1) is 0 Å². The summed E-state index contributed by atoms with van der Waals surface area (Å²) in [5, 5.41) is 2.44. The number of halogens is 3. The summed E-state index contributed by atoms with van der Waals surface area (Å²) in [6, 6.07) is 6.64. The Bertz CT molecular complexity index is 688. The van der Waals surface area contributed by atoms with Gasteiger partial charge in [-0.1, -0.05) is 0 Å². The van der Waals surface area contributed by atoms with Crippen LogP contribution in [0.15, 0.2) is 30.3 Å². The van der Waals surface area contributed by atoms with E-state index in [-0.39, 0.29) is 22.9 Å². The number of rotatable bonds is 4. The molecule has 2 nitrogen and oxygen atoms in total. The number of hydrogen-bond acceptors (Lipinski definition) is 2. The molecule has 5 heteroatoms. The van der Waals surface area contributed by atoms with Crippen molar-refractivity contribution in [3.63, 3.8) is 0 Å². The molecule has 0 atom stereocenters. The Morgan fingerprint density at radius 2 is 1.61 bits per heavy atom. The molecule has 1 N–H and O–H groups in total. The molecule has 2 aromatic rings. The lowest BCUT2D eigenvalue weighted by Crippen LogP contribution is -2.10. The Labute approximate surface area is 133 Å². The van der Waals surface area contributed by atoms with E-state index in [0.29, 0.717) is 5.75 Å². The van der Waals surface area contributed by atoms with E-state index >= 15 is 0 Å². The van der Waals surface area contributed by atoms with Gasteiger partial charge in [-0.3, -0.25) is 0 Å². The Kier molecular flexibility index (Phi) is 4.46. The van der Waals surface area contributed by atoms with Gasteiger partial charge >= 0.3 is 0 Å². The van der Waals surface area contributed by atoms with Crippen LogP contribution in [0.4, 0.5) is 18.9 Å². The maximum absolute atomic E-state index is 14.3. The van der Waals surface area contributed by atoms with Crippen molar-refractivity contribution in [2.24, 2.45) is 0 Å². The first kappa shape index (κ1) is 15.7. The van der Waals surface area contributed by atoms with Crippen LogP contribution < -0.4 is 10.1 Å². The van der Waals surface area contributed by atoms with Crippen molar-refractivity contribution in [3.8, 4) is 16.9 Å². The van der Waals surface area contributed by atoms with Gasteiger partial charge < -0.3 is 10.1 Å². The smallest absolute Gasteiger partial charge is 0.149 e. The second kappa shape index (κ2) is 6.52. The predicted octanol–water partition coefficient (Wildman–Crippen LogP) is 5.13. The first-order chi connectivity index (χ1) is 11.1. The summed E-state index contributed by atoms with van der Waals surface area (Å²) < 4.78 is 47.7. The van der Waals surface area contributed by atoms with Gasteiger partial charge in [0.25, 0.3) is 0 Å². The maximum Gasteiger partial charge on any atom is 0.149 e. The van der Waals surface area contributed by atoms with Crippen LogP contribution in [0, 0.1) is 17.5 Å². The van der Waals surface area contributed by atoms with E-state index in [1.807, 2.05) is 0 Å². The van der Waals surface area contributed by atoms with E-state index in [1.54, 1.807) is 6.07 Å². The molecule has 0 bridgehead atoms. The summed E-state index contributed by atoms with van der Waals surface area (Å²) in [5.41, 5.74) is 0.0727. The van der Waals surface area contributed by atoms with Crippen molar-refractivity contribution < 1.29 is 17.9 Å². The van der Waals surface area contributed by atoms with Gasteiger partial charge in [-0.05, 0) is 55.5 Å². The minimum Gasteiger partial charge on any atom is -0.490 e. The predicted molar refractivity (Wildman–Crippen MR) is 84.2 cm³/mol. The van der Waals surface area contributed by atoms with Gasteiger partial charge in [0.1, 0.15) is 28.9 Å². The van der Waals surface area contributed by atoms with Crippen LogP contribution in [-0.4, -0.2) is 13.2 Å². The van der Waals surface area contributed by atoms with E-state index in [2.05, 4.69) is 5.32 Å². The van der Waals surface area contributed by atoms with Gasteiger partial charge in [0.2, 0.25) is 0 Å². The number of ether oxygens (including phenoxy) is 1. The van der Waals surface area contributed by atoms with Gasteiger partial charge in [-0.25, -0.2) is 13.2 Å². The Hall–Kier alpha value is -2.17. The lowest BCUT2D eigenvalue weighted by atomic mass is 10.0. The Morgan fingerprint density at radius 3 is 2.17 bits per heavy atom. The van der Waals surface area contributed by atoms with Crippen LogP contribution in [0.1, 0.15) is 25.7 Å². The number of hydrogen-bond donors (Lipinski definition) is 1. The molecular weight excluding hydrogens is 303 g/mol. The number of benzene rings is 2. The molecule has 122 valence electrons. The Morgan fingerprint density at radius 1 is 0.957 bits per heavy atom. The molecule has 1 aliphatic carbocycles. The largest absolute Gasteiger partial charge is 0.490 e. The second-order valence-corrected chi connectivity index (χ2v) is 5.73. The lowest BCUT2D eigenvalue weighted by Gasteiger charge is -2.14. The summed E-state index contributed by atoms with van der Waals surface area (Å²) in [4.78, 5) is 0. The fourth-order valence-electron chi connectivity index (χ4n) is 2.97. The highest BCUT2D eigenvalue weighted by molar-refractivity contribution is 5.68. The summed E-state index contributed by atoms with van der Waals surface area (Å²) in [6.07, 6.45) is 4.34. The molecule has 2 aromatic carbocycles. The molecule has 23 heavy (non-hydrogen) atoms. The molecule has 0 saturated heterocycles. The molecule has 1 aliphatic rings. The topological polar surface area (TPSA) is 21.3 Å². The zero-order valence-corrected chi connectivity index (χ0v) is 12.8. The fraction of sp³-hybridized carbons (Fsp3) is 0.333. The molecule has 1 fully saturated rings. The van der Waals surface area contributed by atoms with Gasteiger partial charge in [0.05, 0.1) is 6.10 Å². The summed E-state index contributed by atoms with van der Waals surface area (Å²) >= 11 is 0. The lowest BCUT2D eigenvalue weighted by molar-refractivity contribution is 0.209. The molecule has 0 amide bonds. The van der Waals surface area contributed by atoms with E-state index in [9.17, 15) is 13.2 Å².